The van der Waals surface area contributed by atoms with Gasteiger partial charge in [-0.05, 0) is 41.0 Å². The molecule has 1 N–H and O–H groups in total. The predicted molar refractivity (Wildman–Crippen MR) is 115 cm³/mol. The van der Waals surface area contributed by atoms with Crippen LogP contribution in [-0.4, -0.2) is 34.7 Å². The molecule has 8 heteroatoms. The number of tetrazole rings is 1. The number of imidazole rings is 1. The SMILES string of the molecule is CCCc1cn(CCC)c(=O)n1Cc1ccc(-c2ncccc2-c2nnn[nH]2)cc1. The quantitative estimate of drug-likeness (QED) is 0.487. The molecule has 0 unspecified atom stereocenters. The Hall–Kier alpha value is -3.55. The van der Waals surface area contributed by atoms with Crippen LogP contribution in [0.15, 0.2) is 53.6 Å². The van der Waals surface area contributed by atoms with E-state index in [1.165, 1.54) is 0 Å². The highest BCUT2D eigenvalue weighted by molar-refractivity contribution is 5.76. The van der Waals surface area contributed by atoms with Crippen molar-refractivity contribution in [2.45, 2.75) is 46.2 Å². The van der Waals surface area contributed by atoms with Gasteiger partial charge in [0.25, 0.3) is 0 Å². The topological polar surface area (TPSA) is 94.3 Å². The Labute approximate surface area is 174 Å². The van der Waals surface area contributed by atoms with E-state index in [-0.39, 0.29) is 5.69 Å². The van der Waals surface area contributed by atoms with Crippen LogP contribution in [0.25, 0.3) is 22.6 Å². The molecule has 30 heavy (non-hydrogen) atoms. The van der Waals surface area contributed by atoms with Crippen LogP contribution >= 0.6 is 0 Å². The summed E-state index contributed by atoms with van der Waals surface area (Å²) in [5.74, 6) is 0.579. The smallest absolute Gasteiger partial charge is 0.299 e. The molecule has 0 atom stereocenters. The lowest BCUT2D eigenvalue weighted by atomic mass is 10.0. The molecular formula is C22H25N7O. The summed E-state index contributed by atoms with van der Waals surface area (Å²) in [6, 6.07) is 11.9. The Morgan fingerprint density at radius 3 is 2.60 bits per heavy atom. The van der Waals surface area contributed by atoms with E-state index in [9.17, 15) is 4.79 Å². The fourth-order valence-corrected chi connectivity index (χ4v) is 3.66. The maximum atomic E-state index is 12.8. The molecule has 3 aromatic heterocycles. The van der Waals surface area contributed by atoms with Crippen LogP contribution in [0.3, 0.4) is 0 Å². The first-order chi connectivity index (χ1) is 14.7. The lowest BCUT2D eigenvalue weighted by molar-refractivity contribution is 0.619. The van der Waals surface area contributed by atoms with Crippen molar-refractivity contribution in [2.24, 2.45) is 0 Å². The highest BCUT2D eigenvalue weighted by Crippen LogP contribution is 2.27. The van der Waals surface area contributed by atoms with Crippen LogP contribution in [0, 0.1) is 0 Å². The third-order valence-electron chi connectivity index (χ3n) is 5.08. The van der Waals surface area contributed by atoms with Gasteiger partial charge in [0.05, 0.1) is 12.2 Å². The molecule has 1 aromatic carbocycles. The van der Waals surface area contributed by atoms with Gasteiger partial charge in [0.15, 0.2) is 5.82 Å². The van der Waals surface area contributed by atoms with Crippen molar-refractivity contribution in [1.82, 2.24) is 34.7 Å². The monoisotopic (exact) mass is 403 g/mol. The number of nitrogens with one attached hydrogen (secondary N) is 1. The van der Waals surface area contributed by atoms with Crippen LogP contribution in [0.1, 0.15) is 37.9 Å². The molecular weight excluding hydrogens is 378 g/mol. The van der Waals surface area contributed by atoms with Gasteiger partial charge >= 0.3 is 5.69 Å². The molecule has 0 aliphatic carbocycles. The number of aromatic amines is 1. The molecule has 4 rings (SSSR count). The number of rotatable bonds is 8. The summed E-state index contributed by atoms with van der Waals surface area (Å²) < 4.78 is 3.71. The summed E-state index contributed by atoms with van der Waals surface area (Å²) in [5.41, 5.74) is 4.84. The molecule has 0 fully saturated rings. The van der Waals surface area contributed by atoms with E-state index in [1.807, 2.05) is 51.7 Å². The van der Waals surface area contributed by atoms with Crippen molar-refractivity contribution < 1.29 is 0 Å². The average Bonchev–Trinajstić information content (AvgIpc) is 3.40. The molecule has 0 amide bonds. The van der Waals surface area contributed by atoms with E-state index < -0.39 is 0 Å². The fraction of sp³-hybridized carbons (Fsp3) is 0.318. The van der Waals surface area contributed by atoms with Crippen LogP contribution in [0.4, 0.5) is 0 Å². The minimum absolute atomic E-state index is 0.0641. The summed E-state index contributed by atoms with van der Waals surface area (Å²) in [5, 5.41) is 14.1. The zero-order valence-electron chi connectivity index (χ0n) is 17.2. The van der Waals surface area contributed by atoms with Gasteiger partial charge in [0, 0.05) is 35.8 Å². The predicted octanol–water partition coefficient (Wildman–Crippen LogP) is 3.30. The first-order valence-corrected chi connectivity index (χ1v) is 10.3. The van der Waals surface area contributed by atoms with Crippen molar-refractivity contribution in [3.63, 3.8) is 0 Å². The van der Waals surface area contributed by atoms with Crippen molar-refractivity contribution >= 4 is 0 Å². The summed E-state index contributed by atoms with van der Waals surface area (Å²) in [4.78, 5) is 17.3. The van der Waals surface area contributed by atoms with Crippen LogP contribution in [0.2, 0.25) is 0 Å². The Morgan fingerprint density at radius 1 is 1.07 bits per heavy atom. The highest BCUT2D eigenvalue weighted by Gasteiger charge is 2.13. The van der Waals surface area contributed by atoms with Gasteiger partial charge in [-0.1, -0.05) is 44.5 Å². The van der Waals surface area contributed by atoms with Crippen molar-refractivity contribution in [3.8, 4) is 22.6 Å². The maximum absolute atomic E-state index is 12.8. The van der Waals surface area contributed by atoms with Gasteiger partial charge in [-0.15, -0.1) is 5.10 Å². The minimum Gasteiger partial charge on any atom is -0.299 e. The molecule has 0 aliphatic heterocycles. The summed E-state index contributed by atoms with van der Waals surface area (Å²) >= 11 is 0. The molecule has 0 radical (unpaired) electrons. The molecule has 0 aliphatic rings. The number of H-pyrrole nitrogens is 1. The van der Waals surface area contributed by atoms with Gasteiger partial charge in [-0.3, -0.25) is 14.1 Å². The van der Waals surface area contributed by atoms with Gasteiger partial charge < -0.3 is 0 Å². The first kappa shape index (κ1) is 19.8. The number of benzene rings is 1. The van der Waals surface area contributed by atoms with E-state index in [0.717, 1.165) is 53.9 Å². The molecule has 0 saturated carbocycles. The van der Waals surface area contributed by atoms with Crippen molar-refractivity contribution in [2.75, 3.05) is 0 Å². The van der Waals surface area contributed by atoms with E-state index in [2.05, 4.69) is 39.5 Å². The third kappa shape index (κ3) is 3.94. The number of hydrogen-bond acceptors (Lipinski definition) is 5. The third-order valence-corrected chi connectivity index (χ3v) is 5.08. The molecule has 4 aromatic rings. The van der Waals surface area contributed by atoms with E-state index in [4.69, 9.17) is 0 Å². The second-order valence-electron chi connectivity index (χ2n) is 7.28. The number of nitrogens with zero attached hydrogens (tertiary/aromatic N) is 6. The van der Waals surface area contributed by atoms with Crippen LogP contribution < -0.4 is 5.69 Å². The molecule has 0 saturated heterocycles. The Kier molecular flexibility index (Phi) is 5.83. The lowest BCUT2D eigenvalue weighted by Gasteiger charge is -2.09. The molecule has 0 bridgehead atoms. The first-order valence-electron chi connectivity index (χ1n) is 10.3. The van der Waals surface area contributed by atoms with Crippen molar-refractivity contribution in [3.05, 3.63) is 70.5 Å². The number of aryl methyl sites for hydroxylation is 2. The molecule has 0 spiro atoms. The van der Waals surface area contributed by atoms with E-state index >= 15 is 0 Å². The lowest BCUT2D eigenvalue weighted by Crippen LogP contribution is -2.25. The number of hydrogen-bond donors (Lipinski definition) is 1. The summed E-state index contributed by atoms with van der Waals surface area (Å²) in [6.45, 7) is 5.53. The Balaban J connectivity index is 1.63. The normalized spacial score (nSPS) is 11.1. The number of pyridine rings is 1. The maximum Gasteiger partial charge on any atom is 0.328 e. The van der Waals surface area contributed by atoms with E-state index in [1.54, 1.807) is 6.20 Å². The van der Waals surface area contributed by atoms with Crippen LogP contribution in [0.5, 0.6) is 0 Å². The minimum atomic E-state index is 0.0641. The zero-order chi connectivity index (χ0) is 20.9. The fourth-order valence-electron chi connectivity index (χ4n) is 3.66. The van der Waals surface area contributed by atoms with Gasteiger partial charge in [-0.2, -0.15) is 0 Å². The Morgan fingerprint density at radius 2 is 1.90 bits per heavy atom. The molecule has 154 valence electrons. The van der Waals surface area contributed by atoms with Gasteiger partial charge in [0.2, 0.25) is 0 Å². The van der Waals surface area contributed by atoms with Gasteiger partial charge in [0.1, 0.15) is 0 Å². The molecule has 8 nitrogen and oxygen atoms in total. The Bertz CT molecular complexity index is 1160. The molecule has 3 heterocycles. The van der Waals surface area contributed by atoms with Crippen molar-refractivity contribution in [1.29, 1.82) is 0 Å². The largest absolute Gasteiger partial charge is 0.328 e. The van der Waals surface area contributed by atoms with E-state index in [0.29, 0.717) is 12.4 Å². The second-order valence-corrected chi connectivity index (χ2v) is 7.28. The highest BCUT2D eigenvalue weighted by atomic mass is 16.1. The summed E-state index contributed by atoms with van der Waals surface area (Å²) in [7, 11) is 0. The standard InChI is InChI=1S/C22H25N7O/c1-3-6-18-15-28(13-4-2)22(30)29(18)14-16-8-10-17(11-9-16)20-19(7-5-12-23-20)21-24-26-27-25-21/h5,7-12,15H,3-4,6,13-14H2,1-2H3,(H,24,25,26,27). The van der Waals surface area contributed by atoms with Gasteiger partial charge in [-0.25, -0.2) is 9.89 Å². The average molecular weight is 403 g/mol. The summed E-state index contributed by atoms with van der Waals surface area (Å²) in [6.07, 6.45) is 6.61. The van der Waals surface area contributed by atoms with Crippen LogP contribution in [-0.2, 0) is 19.5 Å². The number of aromatic nitrogens is 7. The zero-order valence-corrected chi connectivity index (χ0v) is 17.2. The second kappa shape index (κ2) is 8.86.